The summed E-state index contributed by atoms with van der Waals surface area (Å²) in [5.74, 6) is -0.489. The van der Waals surface area contributed by atoms with Gasteiger partial charge in [-0.1, -0.05) is 0 Å². The first-order chi connectivity index (χ1) is 9.36. The summed E-state index contributed by atoms with van der Waals surface area (Å²) >= 11 is 1.04. The highest BCUT2D eigenvalue weighted by atomic mass is 32.2. The van der Waals surface area contributed by atoms with Crippen molar-refractivity contribution in [3.8, 4) is 0 Å². The van der Waals surface area contributed by atoms with Crippen LogP contribution >= 0.6 is 11.8 Å². The first kappa shape index (κ1) is 16.5. The number of thioether (sulfide) groups is 1. The van der Waals surface area contributed by atoms with E-state index in [1.165, 1.54) is 19.2 Å². The third-order valence-corrected chi connectivity index (χ3v) is 3.47. The highest BCUT2D eigenvalue weighted by molar-refractivity contribution is 7.99. The lowest BCUT2D eigenvalue weighted by Crippen LogP contribution is -2.33. The molecule has 1 aromatic carbocycles. The summed E-state index contributed by atoms with van der Waals surface area (Å²) in [5, 5.41) is 38.5. The van der Waals surface area contributed by atoms with Crippen LogP contribution in [-0.2, 0) is 9.53 Å². The Morgan fingerprint density at radius 3 is 2.65 bits per heavy atom. The van der Waals surface area contributed by atoms with E-state index in [0.717, 1.165) is 17.8 Å². The van der Waals surface area contributed by atoms with Gasteiger partial charge in [-0.05, 0) is 18.2 Å². The summed E-state index contributed by atoms with van der Waals surface area (Å²) in [6, 6.07) is 2.64. The van der Waals surface area contributed by atoms with Crippen molar-refractivity contribution in [2.45, 2.75) is 10.9 Å². The van der Waals surface area contributed by atoms with E-state index in [0.29, 0.717) is 4.90 Å². The van der Waals surface area contributed by atoms with Crippen molar-refractivity contribution < 1.29 is 19.9 Å². The number of hydrogen-bond acceptors (Lipinski definition) is 10. The molecule has 0 spiro atoms. The Labute approximate surface area is 118 Å². The van der Waals surface area contributed by atoms with Crippen LogP contribution in [0, 0.1) is 10.4 Å². The summed E-state index contributed by atoms with van der Waals surface area (Å²) in [6.07, 6.45) is 0. The third kappa shape index (κ3) is 4.23. The molecule has 0 aliphatic heterocycles. The van der Waals surface area contributed by atoms with E-state index in [-0.39, 0.29) is 22.4 Å². The first-order valence-corrected chi connectivity index (χ1v) is 6.28. The number of esters is 1. The number of anilines is 2. The Balaban J connectivity index is 2.87. The molecule has 20 heavy (non-hydrogen) atoms. The summed E-state index contributed by atoms with van der Waals surface area (Å²) in [6.45, 7) is 0. The van der Waals surface area contributed by atoms with Crippen LogP contribution in [0.5, 0.6) is 0 Å². The molecular formula is C10H13N3O6S-2. The van der Waals surface area contributed by atoms with Crippen LogP contribution in [0.25, 0.3) is 0 Å². The molecule has 0 aromatic heterocycles. The number of benzene rings is 1. The third-order valence-electron chi connectivity index (χ3n) is 2.29. The lowest BCUT2D eigenvalue weighted by molar-refractivity contribution is -0.141. The molecule has 0 heterocycles. The molecular weight excluding hydrogens is 290 g/mol. The van der Waals surface area contributed by atoms with Crippen molar-refractivity contribution in [2.24, 2.45) is 5.73 Å². The van der Waals surface area contributed by atoms with Crippen LogP contribution in [0.2, 0.25) is 0 Å². The number of rotatable bonds is 6. The maximum Gasteiger partial charge on any atom is 0.323 e. The van der Waals surface area contributed by atoms with Crippen molar-refractivity contribution in [3.63, 3.8) is 0 Å². The highest BCUT2D eigenvalue weighted by Gasteiger charge is 2.16. The van der Waals surface area contributed by atoms with Gasteiger partial charge in [0.05, 0.1) is 7.11 Å². The molecule has 0 aliphatic rings. The molecule has 1 aromatic rings. The van der Waals surface area contributed by atoms with E-state index < -0.39 is 17.2 Å². The average molecular weight is 303 g/mol. The van der Waals surface area contributed by atoms with Gasteiger partial charge in [0, 0.05) is 16.3 Å². The summed E-state index contributed by atoms with van der Waals surface area (Å²) in [5.41, 5.74) is 5.06. The molecule has 1 rings (SSSR count). The average Bonchev–Trinajstić information content (AvgIpc) is 2.43. The van der Waals surface area contributed by atoms with E-state index >= 15 is 0 Å². The Kier molecular flexibility index (Phi) is 6.01. The Hall–Kier alpha value is -1.56. The number of methoxy groups -OCH3 is 1. The number of ether oxygens (including phenoxy) is 1. The van der Waals surface area contributed by atoms with Crippen LogP contribution < -0.4 is 16.2 Å². The quantitative estimate of drug-likeness (QED) is 0.389. The monoisotopic (exact) mass is 303 g/mol. The van der Waals surface area contributed by atoms with Crippen LogP contribution in [0.1, 0.15) is 0 Å². The second-order valence-electron chi connectivity index (χ2n) is 3.64. The van der Waals surface area contributed by atoms with Gasteiger partial charge in [0.2, 0.25) is 0 Å². The lowest BCUT2D eigenvalue weighted by atomic mass is 10.3. The minimum absolute atomic E-state index is 0.116. The van der Waals surface area contributed by atoms with Gasteiger partial charge in [0.25, 0.3) is 0 Å². The van der Waals surface area contributed by atoms with E-state index in [1.807, 2.05) is 0 Å². The van der Waals surface area contributed by atoms with E-state index in [9.17, 15) is 15.2 Å². The van der Waals surface area contributed by atoms with Gasteiger partial charge >= 0.3 is 5.97 Å². The Morgan fingerprint density at radius 1 is 1.50 bits per heavy atom. The summed E-state index contributed by atoms with van der Waals surface area (Å²) in [7, 11) is 1.20. The maximum atomic E-state index is 11.1. The van der Waals surface area contributed by atoms with Crippen LogP contribution in [-0.4, -0.2) is 35.3 Å². The van der Waals surface area contributed by atoms with Crippen molar-refractivity contribution in [2.75, 3.05) is 23.3 Å². The number of nitrogens with two attached hydrogens (primary N) is 1. The fraction of sp³-hybridized carbons (Fsp3) is 0.300. The zero-order valence-electron chi connectivity index (χ0n) is 10.4. The van der Waals surface area contributed by atoms with Crippen molar-refractivity contribution in [3.05, 3.63) is 28.6 Å². The molecule has 9 nitrogen and oxygen atoms in total. The standard InChI is InChI=1S/C10H13N3O6S/c1-19-10(14)7(11)5-20-9-3-2-6(12(15)16)4-8(9)13(17)18/h2-4,7,17-18H,5,11H2,1H3/q-2. The normalized spacial score (nSPS) is 11.9. The number of carbonyl (C=O) groups is 1. The van der Waals surface area contributed by atoms with E-state index in [4.69, 9.17) is 16.1 Å². The maximum absolute atomic E-state index is 11.1. The zero-order valence-corrected chi connectivity index (χ0v) is 11.2. The van der Waals surface area contributed by atoms with Gasteiger partial charge in [0.1, 0.15) is 11.7 Å². The molecule has 0 amide bonds. The van der Waals surface area contributed by atoms with Gasteiger partial charge in [-0.15, -0.1) is 17.0 Å². The molecule has 10 heteroatoms. The van der Waals surface area contributed by atoms with E-state index in [1.54, 1.807) is 0 Å². The minimum Gasteiger partial charge on any atom is -0.769 e. The molecule has 0 saturated heterocycles. The molecule has 0 radical (unpaired) electrons. The predicted molar refractivity (Wildman–Crippen MR) is 72.4 cm³/mol. The number of hydrogen-bond donors (Lipinski definition) is 3. The van der Waals surface area contributed by atoms with E-state index in [2.05, 4.69) is 4.74 Å². The second kappa shape index (κ2) is 7.28. The summed E-state index contributed by atoms with van der Waals surface area (Å²) in [4.78, 5) is 11.5. The Bertz CT molecular complexity index is 470. The van der Waals surface area contributed by atoms with Crippen molar-refractivity contribution >= 4 is 29.1 Å². The predicted octanol–water partition coefficient (Wildman–Crippen LogP) is 0.666. The minimum atomic E-state index is -0.890. The molecule has 0 saturated carbocycles. The smallest absolute Gasteiger partial charge is 0.323 e. The highest BCUT2D eigenvalue weighted by Crippen LogP contribution is 2.32. The molecule has 0 aliphatic carbocycles. The number of carbonyl (C=O) groups excluding carboxylic acids is 1. The second-order valence-corrected chi connectivity index (χ2v) is 4.70. The molecule has 4 N–H and O–H groups in total. The van der Waals surface area contributed by atoms with Crippen LogP contribution in [0.3, 0.4) is 0 Å². The zero-order chi connectivity index (χ0) is 15.3. The van der Waals surface area contributed by atoms with Crippen LogP contribution in [0.4, 0.5) is 11.4 Å². The first-order valence-electron chi connectivity index (χ1n) is 5.29. The number of nitrogens with zero attached hydrogens (tertiary/aromatic N) is 2. The van der Waals surface area contributed by atoms with Gasteiger partial charge in [-0.2, -0.15) is 0 Å². The fourth-order valence-electron chi connectivity index (χ4n) is 1.30. The topological polar surface area (TPSA) is 145 Å². The van der Waals surface area contributed by atoms with Gasteiger partial charge < -0.3 is 26.1 Å². The van der Waals surface area contributed by atoms with Gasteiger partial charge in [-0.25, -0.2) is 0 Å². The van der Waals surface area contributed by atoms with Crippen molar-refractivity contribution in [1.29, 1.82) is 0 Å². The molecule has 1 unspecified atom stereocenters. The molecule has 1 atom stereocenters. The SMILES string of the molecule is COC(=O)C(N)CSc1ccc(N([O-])[O-])cc1N(O)O. The van der Waals surface area contributed by atoms with Crippen LogP contribution in [0.15, 0.2) is 23.1 Å². The van der Waals surface area contributed by atoms with Crippen molar-refractivity contribution in [1.82, 2.24) is 0 Å². The van der Waals surface area contributed by atoms with Gasteiger partial charge in [-0.3, -0.25) is 15.2 Å². The van der Waals surface area contributed by atoms with Gasteiger partial charge in [0.15, 0.2) is 0 Å². The Morgan fingerprint density at radius 2 is 2.15 bits per heavy atom. The molecule has 0 bridgehead atoms. The molecule has 0 fully saturated rings. The largest absolute Gasteiger partial charge is 0.769 e. The fourth-order valence-corrected chi connectivity index (χ4v) is 2.24. The summed E-state index contributed by atoms with van der Waals surface area (Å²) < 4.78 is 4.45. The molecule has 112 valence electrons. The lowest BCUT2D eigenvalue weighted by Gasteiger charge is -2.38.